The fraction of sp³-hybridized carbons (Fsp3) is 0.833. The van der Waals surface area contributed by atoms with E-state index in [1.807, 2.05) is 13.8 Å². The first-order valence-corrected chi connectivity index (χ1v) is 6.05. The quantitative estimate of drug-likeness (QED) is 0.697. The van der Waals surface area contributed by atoms with Crippen LogP contribution in [0.25, 0.3) is 0 Å². The molecule has 0 spiro atoms. The summed E-state index contributed by atoms with van der Waals surface area (Å²) in [6.45, 7) is 4.02. The van der Waals surface area contributed by atoms with E-state index in [9.17, 15) is 9.59 Å². The second-order valence-electron chi connectivity index (χ2n) is 4.85. The molecule has 0 aromatic rings. The highest BCUT2D eigenvalue weighted by atomic mass is 16.4. The Morgan fingerprint density at radius 2 is 2.06 bits per heavy atom. The van der Waals surface area contributed by atoms with Crippen LogP contribution in [0.15, 0.2) is 0 Å². The van der Waals surface area contributed by atoms with E-state index in [1.54, 1.807) is 0 Å². The van der Waals surface area contributed by atoms with Gasteiger partial charge >= 0.3 is 5.97 Å². The van der Waals surface area contributed by atoms with Gasteiger partial charge in [0.15, 0.2) is 0 Å². The normalized spacial score (nSPS) is 18.9. The van der Waals surface area contributed by atoms with Gasteiger partial charge in [-0.15, -0.1) is 0 Å². The van der Waals surface area contributed by atoms with Gasteiger partial charge in [0, 0.05) is 6.42 Å². The lowest BCUT2D eigenvalue weighted by molar-refractivity contribution is -0.142. The summed E-state index contributed by atoms with van der Waals surface area (Å²) in [5, 5.41) is 11.6. The molecule has 1 amide bonds. The highest BCUT2D eigenvalue weighted by Gasteiger charge is 2.30. The van der Waals surface area contributed by atoms with Gasteiger partial charge in [0.1, 0.15) is 6.04 Å². The number of carbonyl (C=O) groups excluding carboxylic acids is 1. The van der Waals surface area contributed by atoms with Crippen molar-refractivity contribution < 1.29 is 14.7 Å². The van der Waals surface area contributed by atoms with Gasteiger partial charge in [-0.1, -0.05) is 33.1 Å². The largest absolute Gasteiger partial charge is 0.480 e. The minimum absolute atomic E-state index is 0.137. The van der Waals surface area contributed by atoms with Crippen LogP contribution in [0, 0.1) is 11.8 Å². The molecule has 0 saturated heterocycles. The van der Waals surface area contributed by atoms with Crippen molar-refractivity contribution in [3.63, 3.8) is 0 Å². The number of nitrogens with one attached hydrogen (secondary N) is 1. The van der Waals surface area contributed by atoms with Crippen LogP contribution in [-0.4, -0.2) is 23.0 Å². The Morgan fingerprint density at radius 3 is 2.50 bits per heavy atom. The third-order valence-corrected chi connectivity index (χ3v) is 3.13. The molecule has 0 heterocycles. The fourth-order valence-electron chi connectivity index (χ4n) is 1.62. The van der Waals surface area contributed by atoms with Gasteiger partial charge in [0.25, 0.3) is 0 Å². The third-order valence-electron chi connectivity index (χ3n) is 3.13. The Hall–Kier alpha value is -1.06. The van der Waals surface area contributed by atoms with E-state index in [-0.39, 0.29) is 5.91 Å². The summed E-state index contributed by atoms with van der Waals surface area (Å²) in [7, 11) is 0. The van der Waals surface area contributed by atoms with Crippen molar-refractivity contribution in [2.45, 2.75) is 52.0 Å². The topological polar surface area (TPSA) is 66.4 Å². The van der Waals surface area contributed by atoms with E-state index in [0.717, 1.165) is 19.3 Å². The molecule has 16 heavy (non-hydrogen) atoms. The first kappa shape index (κ1) is 13.0. The van der Waals surface area contributed by atoms with Crippen molar-refractivity contribution in [2.75, 3.05) is 0 Å². The predicted molar refractivity (Wildman–Crippen MR) is 61.0 cm³/mol. The molecule has 1 saturated carbocycles. The van der Waals surface area contributed by atoms with E-state index in [0.29, 0.717) is 24.7 Å². The number of carboxylic acids is 1. The highest BCUT2D eigenvalue weighted by Crippen LogP contribution is 2.33. The number of hydrogen-bond acceptors (Lipinski definition) is 2. The summed E-state index contributed by atoms with van der Waals surface area (Å²) in [4.78, 5) is 22.5. The van der Waals surface area contributed by atoms with Crippen molar-refractivity contribution in [3.8, 4) is 0 Å². The second-order valence-corrected chi connectivity index (χ2v) is 4.85. The molecule has 0 aromatic carbocycles. The van der Waals surface area contributed by atoms with Gasteiger partial charge in [-0.25, -0.2) is 4.79 Å². The third kappa shape index (κ3) is 4.64. The molecule has 2 N–H and O–H groups in total. The molecule has 0 aliphatic heterocycles. The molecule has 2 atom stereocenters. The minimum Gasteiger partial charge on any atom is -0.480 e. The SMILES string of the molecule is CCC(C)CC(=O)NC(CC1CC1)C(=O)O. The van der Waals surface area contributed by atoms with E-state index >= 15 is 0 Å². The maximum Gasteiger partial charge on any atom is 0.326 e. The first-order chi connectivity index (χ1) is 7.52. The van der Waals surface area contributed by atoms with Gasteiger partial charge in [-0.05, 0) is 18.3 Å². The van der Waals surface area contributed by atoms with Gasteiger partial charge < -0.3 is 10.4 Å². The van der Waals surface area contributed by atoms with Crippen LogP contribution in [0.3, 0.4) is 0 Å². The lowest BCUT2D eigenvalue weighted by atomic mass is 10.0. The molecule has 2 unspecified atom stereocenters. The minimum atomic E-state index is -0.913. The summed E-state index contributed by atoms with van der Waals surface area (Å²) in [5.74, 6) is -0.229. The molecule has 1 aliphatic carbocycles. The van der Waals surface area contributed by atoms with Gasteiger partial charge in [-0.3, -0.25) is 4.79 Å². The monoisotopic (exact) mass is 227 g/mol. The van der Waals surface area contributed by atoms with Crippen molar-refractivity contribution in [3.05, 3.63) is 0 Å². The van der Waals surface area contributed by atoms with Crippen molar-refractivity contribution in [1.82, 2.24) is 5.32 Å². The molecule has 0 aromatic heterocycles. The van der Waals surface area contributed by atoms with Crippen LogP contribution in [0.1, 0.15) is 46.0 Å². The van der Waals surface area contributed by atoms with Gasteiger partial charge in [-0.2, -0.15) is 0 Å². The molecule has 0 radical (unpaired) electrons. The van der Waals surface area contributed by atoms with E-state index in [4.69, 9.17) is 5.11 Å². The number of carboxylic acid groups (broad SMARTS) is 1. The van der Waals surface area contributed by atoms with Crippen LogP contribution in [0.2, 0.25) is 0 Å². The summed E-state index contributed by atoms with van der Waals surface area (Å²) in [6.07, 6.45) is 4.15. The molecule has 4 heteroatoms. The Labute approximate surface area is 96.4 Å². The molecule has 4 nitrogen and oxygen atoms in total. The lowest BCUT2D eigenvalue weighted by Crippen LogP contribution is -2.41. The zero-order valence-corrected chi connectivity index (χ0v) is 10.0. The van der Waals surface area contributed by atoms with Crippen molar-refractivity contribution in [2.24, 2.45) is 11.8 Å². The molecule has 92 valence electrons. The standard InChI is InChI=1S/C12H21NO3/c1-3-8(2)6-11(14)13-10(12(15)16)7-9-4-5-9/h8-10H,3-7H2,1-2H3,(H,13,14)(H,15,16). The molecule has 1 aliphatic rings. The predicted octanol–water partition coefficient (Wildman–Crippen LogP) is 1.79. The van der Waals surface area contributed by atoms with Crippen molar-refractivity contribution in [1.29, 1.82) is 0 Å². The Kier molecular flexibility index (Phi) is 4.77. The Bertz CT molecular complexity index is 261. The van der Waals surface area contributed by atoms with Crippen LogP contribution in [0.5, 0.6) is 0 Å². The summed E-state index contributed by atoms with van der Waals surface area (Å²) < 4.78 is 0. The zero-order chi connectivity index (χ0) is 12.1. The first-order valence-electron chi connectivity index (χ1n) is 6.05. The number of amides is 1. The molecule has 1 fully saturated rings. The zero-order valence-electron chi connectivity index (χ0n) is 10.0. The summed E-state index contributed by atoms with van der Waals surface area (Å²) >= 11 is 0. The maximum absolute atomic E-state index is 11.6. The number of carbonyl (C=O) groups is 2. The highest BCUT2D eigenvalue weighted by molar-refractivity contribution is 5.83. The number of aliphatic carboxylic acids is 1. The molecule has 0 bridgehead atoms. The van der Waals surface area contributed by atoms with E-state index in [2.05, 4.69) is 5.32 Å². The maximum atomic E-state index is 11.6. The summed E-state index contributed by atoms with van der Waals surface area (Å²) in [5.41, 5.74) is 0. The molecular weight excluding hydrogens is 206 g/mol. The second kappa shape index (κ2) is 5.87. The average Bonchev–Trinajstić information content (AvgIpc) is 3.00. The van der Waals surface area contributed by atoms with Gasteiger partial charge in [0.05, 0.1) is 0 Å². The molecule has 1 rings (SSSR count). The summed E-state index contributed by atoms with van der Waals surface area (Å²) in [6, 6.07) is -0.691. The number of hydrogen-bond donors (Lipinski definition) is 2. The van der Waals surface area contributed by atoms with E-state index in [1.165, 1.54) is 0 Å². The smallest absolute Gasteiger partial charge is 0.326 e. The van der Waals surface area contributed by atoms with Crippen LogP contribution in [-0.2, 0) is 9.59 Å². The van der Waals surface area contributed by atoms with Crippen LogP contribution >= 0.6 is 0 Å². The van der Waals surface area contributed by atoms with Crippen LogP contribution in [0.4, 0.5) is 0 Å². The van der Waals surface area contributed by atoms with Crippen LogP contribution < -0.4 is 5.32 Å². The Balaban J connectivity index is 2.34. The average molecular weight is 227 g/mol. The Morgan fingerprint density at radius 1 is 1.44 bits per heavy atom. The van der Waals surface area contributed by atoms with Gasteiger partial charge in [0.2, 0.25) is 5.91 Å². The number of rotatable bonds is 7. The van der Waals surface area contributed by atoms with Crippen molar-refractivity contribution >= 4 is 11.9 Å². The molecular formula is C12H21NO3. The fourth-order valence-corrected chi connectivity index (χ4v) is 1.62. The lowest BCUT2D eigenvalue weighted by Gasteiger charge is -2.15. The van der Waals surface area contributed by atoms with E-state index < -0.39 is 12.0 Å².